The van der Waals surface area contributed by atoms with Crippen LogP contribution in [0.15, 0.2) is 30.3 Å². The number of amides is 2. The molecule has 26 heavy (non-hydrogen) atoms. The van der Waals surface area contributed by atoms with Crippen LogP contribution in [0.5, 0.6) is 0 Å². The average Bonchev–Trinajstić information content (AvgIpc) is 2.67. The number of thiol groups is 1. The highest BCUT2D eigenvalue weighted by Crippen LogP contribution is 2.26. The number of carbonyl (C=O) groups is 3. The molecule has 0 aliphatic carbocycles. The molecule has 0 saturated carbocycles. The van der Waals surface area contributed by atoms with Crippen molar-refractivity contribution in [3.8, 4) is 0 Å². The van der Waals surface area contributed by atoms with Crippen molar-refractivity contribution in [1.82, 2.24) is 10.2 Å². The van der Waals surface area contributed by atoms with Gasteiger partial charge in [-0.1, -0.05) is 30.3 Å². The summed E-state index contributed by atoms with van der Waals surface area (Å²) in [6.07, 6.45) is 0.453. The van der Waals surface area contributed by atoms with Gasteiger partial charge in [-0.05, 0) is 25.8 Å². The molecule has 0 unspecified atom stereocenters. The Balaban J connectivity index is 2.05. The molecule has 2 amide bonds. The number of thioether (sulfide) groups is 1. The van der Waals surface area contributed by atoms with E-state index in [0.29, 0.717) is 17.9 Å². The molecule has 8 heteroatoms. The molecule has 2 rings (SSSR count). The number of hydrogen-bond acceptors (Lipinski definition) is 5. The summed E-state index contributed by atoms with van der Waals surface area (Å²) in [6, 6.07) is 8.77. The Hall–Kier alpha value is -1.67. The van der Waals surface area contributed by atoms with Crippen LogP contribution in [0.4, 0.5) is 0 Å². The summed E-state index contributed by atoms with van der Waals surface area (Å²) < 4.78 is 0. The quantitative estimate of drug-likeness (QED) is 0.634. The zero-order chi connectivity index (χ0) is 19.3. The van der Waals surface area contributed by atoms with Crippen LogP contribution >= 0.6 is 24.4 Å². The maximum absolute atomic E-state index is 12.8. The third-order valence-corrected chi connectivity index (χ3v) is 6.12. The molecule has 0 bridgehead atoms. The van der Waals surface area contributed by atoms with E-state index in [1.165, 1.54) is 16.7 Å². The standard InChI is InChI=1S/C18H24N2O4S2/c1-18(2)11-26-10-13(17(24)20(18)9-15(21)22)19-16(23)14(25)8-12-6-4-3-5-7-12/h3-7,13-14,25H,8-11H2,1-2H3,(H,19,23)(H,21,22)/t13-,14-/m0/s1. The topological polar surface area (TPSA) is 86.7 Å². The average molecular weight is 397 g/mol. The fourth-order valence-electron chi connectivity index (χ4n) is 2.79. The summed E-state index contributed by atoms with van der Waals surface area (Å²) in [5, 5.41) is 11.3. The zero-order valence-corrected chi connectivity index (χ0v) is 16.6. The second-order valence-electron chi connectivity index (χ2n) is 6.91. The van der Waals surface area contributed by atoms with Crippen molar-refractivity contribution in [2.24, 2.45) is 0 Å². The lowest BCUT2D eigenvalue weighted by atomic mass is 10.0. The summed E-state index contributed by atoms with van der Waals surface area (Å²) in [5.41, 5.74) is 0.391. The molecular formula is C18H24N2O4S2. The molecule has 1 aromatic rings. The number of carboxylic acid groups (broad SMARTS) is 1. The highest BCUT2D eigenvalue weighted by Gasteiger charge is 2.40. The SMILES string of the molecule is CC1(C)CSC[C@H](NC(=O)[C@@H](S)Cc2ccccc2)C(=O)N1CC(=O)O. The molecule has 2 N–H and O–H groups in total. The van der Waals surface area contributed by atoms with Crippen LogP contribution < -0.4 is 5.32 Å². The summed E-state index contributed by atoms with van der Waals surface area (Å²) in [6.45, 7) is 3.29. The Kier molecular flexibility index (Phi) is 7.00. The minimum absolute atomic E-state index is 0.328. The highest BCUT2D eigenvalue weighted by molar-refractivity contribution is 7.99. The van der Waals surface area contributed by atoms with Gasteiger partial charge in [0.05, 0.1) is 5.25 Å². The molecule has 0 spiro atoms. The maximum Gasteiger partial charge on any atom is 0.323 e. The Bertz CT molecular complexity index is 666. The van der Waals surface area contributed by atoms with Crippen molar-refractivity contribution in [3.63, 3.8) is 0 Å². The van der Waals surface area contributed by atoms with Gasteiger partial charge in [0.15, 0.2) is 0 Å². The van der Waals surface area contributed by atoms with E-state index in [9.17, 15) is 14.4 Å². The first-order chi connectivity index (χ1) is 12.2. The lowest BCUT2D eigenvalue weighted by Gasteiger charge is -2.36. The van der Waals surface area contributed by atoms with Gasteiger partial charge in [0.2, 0.25) is 11.8 Å². The third-order valence-electron chi connectivity index (χ3n) is 4.22. The van der Waals surface area contributed by atoms with Crippen molar-refractivity contribution >= 4 is 42.2 Å². The molecule has 2 atom stereocenters. The van der Waals surface area contributed by atoms with Crippen LogP contribution in [-0.4, -0.2) is 62.7 Å². The van der Waals surface area contributed by atoms with Crippen molar-refractivity contribution in [3.05, 3.63) is 35.9 Å². The van der Waals surface area contributed by atoms with E-state index in [0.717, 1.165) is 5.56 Å². The van der Waals surface area contributed by atoms with Crippen LogP contribution in [0, 0.1) is 0 Å². The van der Waals surface area contributed by atoms with Gasteiger partial charge in [0.1, 0.15) is 12.6 Å². The van der Waals surface area contributed by atoms with E-state index in [1.54, 1.807) is 0 Å². The second kappa shape index (κ2) is 8.81. The highest BCUT2D eigenvalue weighted by atomic mass is 32.2. The predicted molar refractivity (Wildman–Crippen MR) is 106 cm³/mol. The minimum Gasteiger partial charge on any atom is -0.480 e. The number of aliphatic carboxylic acids is 1. The Morgan fingerprint density at radius 1 is 1.38 bits per heavy atom. The minimum atomic E-state index is -1.07. The van der Waals surface area contributed by atoms with E-state index < -0.39 is 22.8 Å². The summed E-state index contributed by atoms with van der Waals surface area (Å²) in [4.78, 5) is 37.8. The summed E-state index contributed by atoms with van der Waals surface area (Å²) in [7, 11) is 0. The fraction of sp³-hybridized carbons (Fsp3) is 0.500. The number of carbonyl (C=O) groups excluding carboxylic acids is 2. The van der Waals surface area contributed by atoms with Crippen LogP contribution in [0.25, 0.3) is 0 Å². The molecule has 0 radical (unpaired) electrons. The van der Waals surface area contributed by atoms with E-state index in [2.05, 4.69) is 17.9 Å². The summed E-state index contributed by atoms with van der Waals surface area (Å²) >= 11 is 5.89. The van der Waals surface area contributed by atoms with Gasteiger partial charge in [-0.25, -0.2) is 0 Å². The zero-order valence-electron chi connectivity index (χ0n) is 14.8. The molecule has 1 aliphatic heterocycles. The largest absolute Gasteiger partial charge is 0.480 e. The third kappa shape index (κ3) is 5.41. The number of nitrogens with one attached hydrogen (secondary N) is 1. The lowest BCUT2D eigenvalue weighted by molar-refractivity contribution is -0.149. The van der Waals surface area contributed by atoms with Crippen molar-refractivity contribution in [2.75, 3.05) is 18.1 Å². The van der Waals surface area contributed by atoms with Gasteiger partial charge in [0.25, 0.3) is 0 Å². The van der Waals surface area contributed by atoms with Crippen LogP contribution in [0.1, 0.15) is 19.4 Å². The smallest absolute Gasteiger partial charge is 0.323 e. The Morgan fingerprint density at radius 2 is 2.04 bits per heavy atom. The molecule has 6 nitrogen and oxygen atoms in total. The number of benzene rings is 1. The monoisotopic (exact) mass is 396 g/mol. The first-order valence-electron chi connectivity index (χ1n) is 8.34. The number of rotatable bonds is 6. The first kappa shape index (κ1) is 20.6. The summed E-state index contributed by atoms with van der Waals surface area (Å²) in [5.74, 6) is -0.746. The Labute approximate surface area is 163 Å². The molecule has 142 valence electrons. The van der Waals surface area contributed by atoms with Crippen LogP contribution in [-0.2, 0) is 20.8 Å². The molecular weight excluding hydrogens is 372 g/mol. The van der Waals surface area contributed by atoms with E-state index in [1.807, 2.05) is 44.2 Å². The predicted octanol–water partition coefficient (Wildman–Crippen LogP) is 1.45. The number of nitrogens with zero attached hydrogens (tertiary/aromatic N) is 1. The van der Waals surface area contributed by atoms with Crippen molar-refractivity contribution in [1.29, 1.82) is 0 Å². The van der Waals surface area contributed by atoms with Gasteiger partial charge < -0.3 is 15.3 Å². The van der Waals surface area contributed by atoms with Gasteiger partial charge in [-0.15, -0.1) is 0 Å². The fourth-order valence-corrected chi connectivity index (χ4v) is 4.31. The number of hydrogen-bond donors (Lipinski definition) is 3. The van der Waals surface area contributed by atoms with Crippen LogP contribution in [0.3, 0.4) is 0 Å². The van der Waals surface area contributed by atoms with Gasteiger partial charge in [-0.3, -0.25) is 14.4 Å². The Morgan fingerprint density at radius 3 is 2.65 bits per heavy atom. The van der Waals surface area contributed by atoms with Gasteiger partial charge in [-0.2, -0.15) is 24.4 Å². The molecule has 1 fully saturated rings. The normalized spacial score (nSPS) is 21.0. The van der Waals surface area contributed by atoms with E-state index in [4.69, 9.17) is 5.11 Å². The van der Waals surface area contributed by atoms with Crippen LogP contribution in [0.2, 0.25) is 0 Å². The van der Waals surface area contributed by atoms with Crippen molar-refractivity contribution in [2.45, 2.75) is 37.1 Å². The maximum atomic E-state index is 12.8. The molecule has 1 aliphatic rings. The van der Waals surface area contributed by atoms with Gasteiger partial charge >= 0.3 is 5.97 Å². The first-order valence-corrected chi connectivity index (χ1v) is 10.0. The second-order valence-corrected chi connectivity index (χ2v) is 8.57. The molecule has 1 saturated heterocycles. The van der Waals surface area contributed by atoms with E-state index >= 15 is 0 Å². The lowest BCUT2D eigenvalue weighted by Crippen LogP contribution is -2.57. The van der Waals surface area contributed by atoms with Gasteiger partial charge in [0, 0.05) is 17.0 Å². The van der Waals surface area contributed by atoms with E-state index in [-0.39, 0.29) is 18.4 Å². The molecule has 1 heterocycles. The number of carboxylic acids is 1. The molecule has 1 aromatic carbocycles. The molecule has 0 aromatic heterocycles. The van der Waals surface area contributed by atoms with Crippen molar-refractivity contribution < 1.29 is 19.5 Å².